The quantitative estimate of drug-likeness (QED) is 0.749. The summed E-state index contributed by atoms with van der Waals surface area (Å²) >= 11 is 0. The third kappa shape index (κ3) is 2.79. The van der Waals surface area contributed by atoms with Gasteiger partial charge in [-0.2, -0.15) is 5.26 Å². The van der Waals surface area contributed by atoms with E-state index < -0.39 is 15.4 Å². The number of likely N-dealkylation sites (N-methyl/N-ethyl adjacent to an activating group) is 1. The van der Waals surface area contributed by atoms with Gasteiger partial charge >= 0.3 is 0 Å². The van der Waals surface area contributed by atoms with Crippen molar-refractivity contribution in [3.8, 4) is 6.07 Å². The van der Waals surface area contributed by atoms with Crippen LogP contribution in [0.3, 0.4) is 0 Å². The van der Waals surface area contributed by atoms with E-state index in [2.05, 4.69) is 6.07 Å². The van der Waals surface area contributed by atoms with Crippen LogP contribution in [0.2, 0.25) is 0 Å². The molecule has 2 atom stereocenters. The Kier molecular flexibility index (Phi) is 3.19. The molecule has 2 unspecified atom stereocenters. The molecule has 0 spiro atoms. The van der Waals surface area contributed by atoms with E-state index in [0.29, 0.717) is 13.0 Å². The monoisotopic (exact) mass is 257 g/mol. The Morgan fingerprint density at radius 2 is 2.12 bits per heavy atom. The maximum atomic E-state index is 11.4. The molecule has 0 bridgehead atoms. The molecule has 2 fully saturated rings. The summed E-state index contributed by atoms with van der Waals surface area (Å²) < 4.78 is 22.8. The van der Waals surface area contributed by atoms with E-state index in [4.69, 9.17) is 5.73 Å². The smallest absolute Gasteiger partial charge is 0.151 e. The fourth-order valence-corrected chi connectivity index (χ4v) is 4.32. The topological polar surface area (TPSA) is 87.2 Å². The molecule has 2 rings (SSSR count). The minimum Gasteiger partial charge on any atom is -0.312 e. The van der Waals surface area contributed by atoms with Gasteiger partial charge in [-0.1, -0.05) is 0 Å². The van der Waals surface area contributed by atoms with Crippen LogP contribution in [0.1, 0.15) is 19.3 Å². The fraction of sp³-hybridized carbons (Fsp3) is 0.909. The largest absolute Gasteiger partial charge is 0.312 e. The van der Waals surface area contributed by atoms with Gasteiger partial charge in [0.05, 0.1) is 17.6 Å². The molecule has 0 amide bonds. The molecule has 1 aliphatic heterocycles. The Hall–Kier alpha value is -0.640. The van der Waals surface area contributed by atoms with E-state index in [0.717, 1.165) is 12.8 Å². The number of sulfone groups is 1. The summed E-state index contributed by atoms with van der Waals surface area (Å²) in [4.78, 5) is 1.95. The van der Waals surface area contributed by atoms with Crippen molar-refractivity contribution in [3.05, 3.63) is 0 Å². The zero-order valence-electron chi connectivity index (χ0n) is 10.1. The number of nitrogens with two attached hydrogens (primary N) is 1. The summed E-state index contributed by atoms with van der Waals surface area (Å²) in [6.45, 7) is 0.467. The Bertz CT molecular complexity index is 438. The van der Waals surface area contributed by atoms with Crippen molar-refractivity contribution < 1.29 is 8.42 Å². The van der Waals surface area contributed by atoms with Gasteiger partial charge in [0.1, 0.15) is 5.54 Å². The molecule has 96 valence electrons. The van der Waals surface area contributed by atoms with Crippen LogP contribution in [0, 0.1) is 17.2 Å². The van der Waals surface area contributed by atoms with Crippen LogP contribution in [0.5, 0.6) is 0 Å². The van der Waals surface area contributed by atoms with Gasteiger partial charge in [0, 0.05) is 12.6 Å². The van der Waals surface area contributed by atoms with Crippen molar-refractivity contribution in [1.82, 2.24) is 4.90 Å². The Morgan fingerprint density at radius 3 is 2.53 bits per heavy atom. The third-order valence-electron chi connectivity index (χ3n) is 3.86. The van der Waals surface area contributed by atoms with Crippen molar-refractivity contribution in [2.45, 2.75) is 30.8 Å². The van der Waals surface area contributed by atoms with Crippen molar-refractivity contribution >= 4 is 9.84 Å². The van der Waals surface area contributed by atoms with E-state index >= 15 is 0 Å². The van der Waals surface area contributed by atoms with Crippen molar-refractivity contribution in [3.63, 3.8) is 0 Å². The van der Waals surface area contributed by atoms with Crippen LogP contribution < -0.4 is 5.73 Å². The molecule has 1 saturated heterocycles. The number of nitriles is 1. The second-order valence-corrected chi connectivity index (χ2v) is 7.63. The molecule has 0 aromatic rings. The summed E-state index contributed by atoms with van der Waals surface area (Å²) in [5, 5.41) is 9.17. The predicted octanol–water partition coefficient (Wildman–Crippen LogP) is -0.264. The van der Waals surface area contributed by atoms with Crippen LogP contribution in [0.15, 0.2) is 0 Å². The summed E-state index contributed by atoms with van der Waals surface area (Å²) in [6, 6.07) is 2.23. The van der Waals surface area contributed by atoms with E-state index in [-0.39, 0.29) is 23.5 Å². The fourth-order valence-electron chi connectivity index (χ4n) is 2.52. The Labute approximate surface area is 102 Å². The van der Waals surface area contributed by atoms with Crippen molar-refractivity contribution in [2.24, 2.45) is 11.7 Å². The molecule has 2 aliphatic rings. The normalized spacial score (nSPS) is 31.1. The molecule has 1 aliphatic carbocycles. The number of hydrogen-bond acceptors (Lipinski definition) is 5. The first-order valence-corrected chi connectivity index (χ1v) is 7.79. The van der Waals surface area contributed by atoms with Crippen LogP contribution in [0.4, 0.5) is 0 Å². The molecule has 5 nitrogen and oxygen atoms in total. The van der Waals surface area contributed by atoms with E-state index in [1.54, 1.807) is 0 Å². The minimum absolute atomic E-state index is 0.0232. The predicted molar refractivity (Wildman–Crippen MR) is 64.9 cm³/mol. The SMILES string of the molecule is CN(CC(N)(C#N)C1CC1)C1CCS(=O)(=O)C1. The summed E-state index contributed by atoms with van der Waals surface area (Å²) in [7, 11) is -1.00. The maximum absolute atomic E-state index is 11.4. The van der Waals surface area contributed by atoms with Crippen LogP contribution in [0.25, 0.3) is 0 Å². The highest BCUT2D eigenvalue weighted by Crippen LogP contribution is 2.38. The van der Waals surface area contributed by atoms with E-state index in [9.17, 15) is 13.7 Å². The van der Waals surface area contributed by atoms with Gasteiger partial charge in [-0.3, -0.25) is 4.90 Å². The molecule has 17 heavy (non-hydrogen) atoms. The molecule has 0 aromatic carbocycles. The second kappa shape index (κ2) is 4.23. The molecular formula is C11H19N3O2S. The molecule has 6 heteroatoms. The first-order chi connectivity index (χ1) is 7.86. The summed E-state index contributed by atoms with van der Waals surface area (Å²) in [5.74, 6) is 0.749. The van der Waals surface area contributed by atoms with Crippen LogP contribution in [-0.4, -0.2) is 50.0 Å². The summed E-state index contributed by atoms with van der Waals surface area (Å²) in [6.07, 6.45) is 2.69. The lowest BCUT2D eigenvalue weighted by Crippen LogP contribution is -2.52. The standard InChI is InChI=1S/C11H19N3O2S/c1-14(10-4-5-17(15,16)6-10)8-11(13,7-12)9-2-3-9/h9-10H,2-6,8,13H2,1H3. The average Bonchev–Trinajstić information content (AvgIpc) is 3.03. The number of hydrogen-bond donors (Lipinski definition) is 1. The third-order valence-corrected chi connectivity index (χ3v) is 5.61. The molecular weight excluding hydrogens is 238 g/mol. The van der Waals surface area contributed by atoms with E-state index in [1.165, 1.54) is 0 Å². The van der Waals surface area contributed by atoms with Crippen molar-refractivity contribution in [2.75, 3.05) is 25.1 Å². The highest BCUT2D eigenvalue weighted by Gasteiger charge is 2.44. The average molecular weight is 257 g/mol. The molecule has 2 N–H and O–H groups in total. The highest BCUT2D eigenvalue weighted by molar-refractivity contribution is 7.91. The van der Waals surface area contributed by atoms with Gasteiger partial charge in [0.2, 0.25) is 0 Å². The first-order valence-electron chi connectivity index (χ1n) is 5.97. The molecule has 1 saturated carbocycles. The van der Waals surface area contributed by atoms with Crippen LogP contribution in [-0.2, 0) is 9.84 Å². The molecule has 1 heterocycles. The van der Waals surface area contributed by atoms with Gasteiger partial charge < -0.3 is 5.73 Å². The number of rotatable bonds is 4. The van der Waals surface area contributed by atoms with Gasteiger partial charge in [-0.15, -0.1) is 0 Å². The lowest BCUT2D eigenvalue weighted by molar-refractivity contribution is 0.213. The lowest BCUT2D eigenvalue weighted by Gasteiger charge is -2.31. The highest BCUT2D eigenvalue weighted by atomic mass is 32.2. The minimum atomic E-state index is -2.87. The van der Waals surface area contributed by atoms with Crippen molar-refractivity contribution in [1.29, 1.82) is 5.26 Å². The Balaban J connectivity index is 1.97. The Morgan fingerprint density at radius 1 is 1.47 bits per heavy atom. The van der Waals surface area contributed by atoms with Gasteiger partial charge in [0.25, 0.3) is 0 Å². The van der Waals surface area contributed by atoms with Crippen LogP contribution >= 0.6 is 0 Å². The zero-order chi connectivity index (χ0) is 12.7. The zero-order valence-corrected chi connectivity index (χ0v) is 10.9. The van der Waals surface area contributed by atoms with Gasteiger partial charge in [-0.05, 0) is 32.2 Å². The maximum Gasteiger partial charge on any atom is 0.151 e. The number of nitrogens with zero attached hydrogens (tertiary/aromatic N) is 2. The molecule has 0 aromatic heterocycles. The van der Waals surface area contributed by atoms with Gasteiger partial charge in [-0.25, -0.2) is 8.42 Å². The summed E-state index contributed by atoms with van der Waals surface area (Å²) in [5.41, 5.74) is 5.28. The lowest BCUT2D eigenvalue weighted by atomic mass is 9.95. The second-order valence-electron chi connectivity index (χ2n) is 5.40. The molecule has 0 radical (unpaired) electrons. The van der Waals surface area contributed by atoms with Gasteiger partial charge in [0.15, 0.2) is 9.84 Å². The van der Waals surface area contributed by atoms with E-state index in [1.807, 2.05) is 11.9 Å². The first kappa shape index (κ1) is 12.8.